The molecule has 0 fully saturated rings. The molecule has 29 heavy (non-hydrogen) atoms. The lowest BCUT2D eigenvalue weighted by atomic mass is 10.0. The van der Waals surface area contributed by atoms with E-state index in [-0.39, 0.29) is 12.4 Å². The van der Waals surface area contributed by atoms with Gasteiger partial charge in [-0.3, -0.25) is 9.55 Å². The maximum atomic E-state index is 6.29. The van der Waals surface area contributed by atoms with Gasteiger partial charge in [-0.1, -0.05) is 31.5 Å². The number of hydrogen-bond donors (Lipinski definition) is 1. The Labute approximate surface area is 183 Å². The Morgan fingerprint density at radius 3 is 2.86 bits per heavy atom. The molecule has 8 heteroatoms. The van der Waals surface area contributed by atoms with E-state index in [4.69, 9.17) is 16.6 Å². The van der Waals surface area contributed by atoms with Crippen LogP contribution in [0, 0.1) is 5.92 Å². The molecule has 0 aliphatic carbocycles. The van der Waals surface area contributed by atoms with Gasteiger partial charge in [-0.25, -0.2) is 9.97 Å². The molecular weight excluding hydrogens is 425 g/mol. The third-order valence-electron chi connectivity index (χ3n) is 4.70. The van der Waals surface area contributed by atoms with Gasteiger partial charge in [0.15, 0.2) is 11.0 Å². The van der Waals surface area contributed by atoms with Crippen molar-refractivity contribution in [3.63, 3.8) is 0 Å². The van der Waals surface area contributed by atoms with Crippen molar-refractivity contribution < 1.29 is 0 Å². The number of benzene rings is 1. The third kappa shape index (κ3) is 3.64. The Balaban J connectivity index is 0.00000205. The molecule has 5 nitrogen and oxygen atoms in total. The van der Waals surface area contributed by atoms with E-state index in [0.717, 1.165) is 44.6 Å². The first-order valence-corrected chi connectivity index (χ1v) is 10.4. The van der Waals surface area contributed by atoms with Gasteiger partial charge in [0, 0.05) is 28.2 Å². The zero-order chi connectivity index (χ0) is 19.3. The Hall–Kier alpha value is -2.41. The molecule has 0 radical (unpaired) electrons. The predicted molar refractivity (Wildman–Crippen MR) is 123 cm³/mol. The van der Waals surface area contributed by atoms with Gasteiger partial charge in [-0.05, 0) is 36.1 Å². The second kappa shape index (κ2) is 7.78. The van der Waals surface area contributed by atoms with Crippen LogP contribution in [0.2, 0.25) is 5.02 Å². The molecule has 0 unspecified atom stereocenters. The summed E-state index contributed by atoms with van der Waals surface area (Å²) in [6.07, 6.45) is 6.72. The van der Waals surface area contributed by atoms with Crippen LogP contribution in [0.25, 0.3) is 38.6 Å². The highest BCUT2D eigenvalue weighted by Crippen LogP contribution is 2.31. The zero-order valence-electron chi connectivity index (χ0n) is 15.9. The van der Waals surface area contributed by atoms with Gasteiger partial charge < -0.3 is 4.98 Å². The monoisotopic (exact) mass is 443 g/mol. The number of nitrogens with zero attached hydrogens (tertiary/aromatic N) is 4. The average molecular weight is 444 g/mol. The number of aromatic amines is 1. The molecule has 0 aliphatic heterocycles. The van der Waals surface area contributed by atoms with Gasteiger partial charge >= 0.3 is 0 Å². The Kier molecular flexibility index (Phi) is 5.34. The minimum atomic E-state index is 0. The molecular formula is C21H19Cl2N5S. The minimum absolute atomic E-state index is 0. The number of rotatable bonds is 4. The van der Waals surface area contributed by atoms with E-state index in [0.29, 0.717) is 5.92 Å². The van der Waals surface area contributed by atoms with Crippen LogP contribution in [0.4, 0.5) is 0 Å². The number of pyridine rings is 1. The summed E-state index contributed by atoms with van der Waals surface area (Å²) in [5, 5.41) is 4.88. The molecule has 0 saturated carbocycles. The first-order valence-electron chi connectivity index (χ1n) is 9.14. The molecule has 0 spiro atoms. The fourth-order valence-corrected chi connectivity index (χ4v) is 4.46. The molecule has 0 atom stereocenters. The van der Waals surface area contributed by atoms with Gasteiger partial charge in [0.05, 0.1) is 22.7 Å². The van der Waals surface area contributed by atoms with Gasteiger partial charge in [0.1, 0.15) is 5.69 Å². The quantitative estimate of drug-likeness (QED) is 0.354. The number of thiazole rings is 1. The molecule has 4 heterocycles. The summed E-state index contributed by atoms with van der Waals surface area (Å²) in [7, 11) is 0. The Morgan fingerprint density at radius 2 is 2.07 bits per heavy atom. The summed E-state index contributed by atoms with van der Waals surface area (Å²) in [5.74, 6) is 1.33. The van der Waals surface area contributed by atoms with Crippen molar-refractivity contribution >= 4 is 57.3 Å². The number of nitrogens with one attached hydrogen (secondary N) is 1. The molecule has 0 amide bonds. The topological polar surface area (TPSA) is 59.4 Å². The fraction of sp³-hybridized carbons (Fsp3) is 0.190. The normalized spacial score (nSPS) is 11.4. The number of fused-ring (bicyclic) bond motifs is 2. The highest BCUT2D eigenvalue weighted by Gasteiger charge is 2.15. The first-order chi connectivity index (χ1) is 13.6. The van der Waals surface area contributed by atoms with Crippen molar-refractivity contribution in [1.82, 2.24) is 24.5 Å². The van der Waals surface area contributed by atoms with Gasteiger partial charge in [0.2, 0.25) is 0 Å². The standard InChI is InChI=1S/C21H18ClN5S.ClH/c1-12(2)7-13-10-27(19-8-14(22)3-4-15(13)19)21-26-18(11-28-21)20-24-16-5-6-23-9-17(16)25-20;/h3-6,8-12H,7H2,1-2H3,(H,24,25);1H. The molecule has 0 bridgehead atoms. The number of aromatic nitrogens is 5. The van der Waals surface area contributed by atoms with Gasteiger partial charge in [-0.15, -0.1) is 23.7 Å². The number of hydrogen-bond acceptors (Lipinski definition) is 4. The van der Waals surface area contributed by atoms with E-state index < -0.39 is 0 Å². The highest BCUT2D eigenvalue weighted by molar-refractivity contribution is 7.12. The minimum Gasteiger partial charge on any atom is -0.335 e. The molecule has 148 valence electrons. The lowest BCUT2D eigenvalue weighted by Crippen LogP contribution is -1.93. The van der Waals surface area contributed by atoms with Crippen molar-refractivity contribution in [3.8, 4) is 16.6 Å². The molecule has 5 rings (SSSR count). The van der Waals surface area contributed by atoms with Crippen molar-refractivity contribution in [2.45, 2.75) is 20.3 Å². The van der Waals surface area contributed by atoms with E-state index >= 15 is 0 Å². The summed E-state index contributed by atoms with van der Waals surface area (Å²) in [6, 6.07) is 7.96. The van der Waals surface area contributed by atoms with E-state index in [9.17, 15) is 0 Å². The van der Waals surface area contributed by atoms with Crippen LogP contribution in [-0.4, -0.2) is 24.5 Å². The maximum Gasteiger partial charge on any atom is 0.194 e. The average Bonchev–Trinajstić information content (AvgIpc) is 3.37. The maximum absolute atomic E-state index is 6.29. The summed E-state index contributed by atoms with van der Waals surface area (Å²) < 4.78 is 2.14. The van der Waals surface area contributed by atoms with Gasteiger partial charge in [-0.2, -0.15) is 0 Å². The van der Waals surface area contributed by atoms with Crippen LogP contribution in [0.1, 0.15) is 19.4 Å². The van der Waals surface area contributed by atoms with E-state index in [1.165, 1.54) is 10.9 Å². The Morgan fingerprint density at radius 1 is 1.21 bits per heavy atom. The van der Waals surface area contributed by atoms with Crippen molar-refractivity contribution in [2.75, 3.05) is 0 Å². The largest absolute Gasteiger partial charge is 0.335 e. The van der Waals surface area contributed by atoms with Crippen LogP contribution in [-0.2, 0) is 6.42 Å². The predicted octanol–water partition coefficient (Wildman–Crippen LogP) is 6.30. The third-order valence-corrected chi connectivity index (χ3v) is 5.78. The molecule has 4 aromatic heterocycles. The van der Waals surface area contributed by atoms with Crippen molar-refractivity contribution in [3.05, 3.63) is 58.8 Å². The van der Waals surface area contributed by atoms with Crippen LogP contribution < -0.4 is 0 Å². The second-order valence-corrected chi connectivity index (χ2v) is 8.55. The molecule has 5 aromatic rings. The van der Waals surface area contributed by atoms with Crippen LogP contribution in [0.3, 0.4) is 0 Å². The molecule has 1 N–H and O–H groups in total. The molecule has 1 aromatic carbocycles. The lowest BCUT2D eigenvalue weighted by Gasteiger charge is -2.02. The van der Waals surface area contributed by atoms with Crippen molar-refractivity contribution in [1.29, 1.82) is 0 Å². The van der Waals surface area contributed by atoms with E-state index in [2.05, 4.69) is 45.6 Å². The number of imidazole rings is 1. The van der Waals surface area contributed by atoms with Crippen LogP contribution in [0.15, 0.2) is 48.2 Å². The van der Waals surface area contributed by atoms with E-state index in [1.54, 1.807) is 23.7 Å². The fourth-order valence-electron chi connectivity index (χ4n) is 3.49. The van der Waals surface area contributed by atoms with Crippen LogP contribution >= 0.6 is 35.3 Å². The summed E-state index contributed by atoms with van der Waals surface area (Å²) >= 11 is 7.88. The summed E-state index contributed by atoms with van der Waals surface area (Å²) in [5.41, 5.74) is 5.01. The van der Waals surface area contributed by atoms with Gasteiger partial charge in [0.25, 0.3) is 0 Å². The first kappa shape index (κ1) is 19.9. The van der Waals surface area contributed by atoms with Crippen LogP contribution in [0.5, 0.6) is 0 Å². The van der Waals surface area contributed by atoms with E-state index in [1.807, 2.05) is 23.6 Å². The Bertz CT molecular complexity index is 1270. The zero-order valence-corrected chi connectivity index (χ0v) is 18.3. The smallest absolute Gasteiger partial charge is 0.194 e. The molecule has 0 saturated heterocycles. The number of halogens is 2. The highest BCUT2D eigenvalue weighted by atomic mass is 35.5. The summed E-state index contributed by atoms with van der Waals surface area (Å²) in [6.45, 7) is 4.47. The lowest BCUT2D eigenvalue weighted by molar-refractivity contribution is 0.649. The number of H-pyrrole nitrogens is 1. The van der Waals surface area contributed by atoms with Crippen molar-refractivity contribution in [2.24, 2.45) is 5.92 Å². The second-order valence-electron chi connectivity index (χ2n) is 7.28. The summed E-state index contributed by atoms with van der Waals surface area (Å²) in [4.78, 5) is 16.9. The SMILES string of the molecule is CC(C)Cc1cn(-c2nc(-c3nc4ccncc4[nH]3)cs2)c2cc(Cl)ccc12.Cl. The molecule has 0 aliphatic rings.